The van der Waals surface area contributed by atoms with Crippen molar-refractivity contribution in [2.24, 2.45) is 11.1 Å². The average Bonchev–Trinajstić information content (AvgIpc) is 1.80. The number of hydrogen-bond donors (Lipinski definition) is 2. The molecule has 0 heterocycles. The van der Waals surface area contributed by atoms with Crippen molar-refractivity contribution in [3.63, 3.8) is 0 Å². The molecule has 11 heavy (non-hydrogen) atoms. The Morgan fingerprint density at radius 2 is 1.91 bits per heavy atom. The third kappa shape index (κ3) is 6.28. The minimum absolute atomic E-state index is 0.0792. The Kier molecular flexibility index (Phi) is 4.00. The second-order valence-corrected chi connectivity index (χ2v) is 4.12. The predicted molar refractivity (Wildman–Crippen MR) is 45.1 cm³/mol. The first-order valence-corrected chi connectivity index (χ1v) is 3.88. The lowest BCUT2D eigenvalue weighted by molar-refractivity contribution is -0.128. The van der Waals surface area contributed by atoms with Crippen LogP contribution in [0.1, 0.15) is 27.7 Å². The summed E-state index contributed by atoms with van der Waals surface area (Å²) in [5, 5.41) is 9.14. The first-order chi connectivity index (χ1) is 4.83. The molecule has 0 radical (unpaired) electrons. The van der Waals surface area contributed by atoms with Gasteiger partial charge in [-0.3, -0.25) is 0 Å². The van der Waals surface area contributed by atoms with E-state index in [-0.39, 0.29) is 11.5 Å². The van der Waals surface area contributed by atoms with Gasteiger partial charge in [0.05, 0.1) is 12.6 Å². The monoisotopic (exact) mass is 161 g/mol. The molecule has 3 heteroatoms. The molecule has 2 unspecified atom stereocenters. The van der Waals surface area contributed by atoms with Crippen molar-refractivity contribution in [2.45, 2.75) is 40.0 Å². The molecule has 3 nitrogen and oxygen atoms in total. The minimum atomic E-state index is -0.839. The maximum absolute atomic E-state index is 9.14. The zero-order valence-corrected chi connectivity index (χ0v) is 7.79. The number of ether oxygens (including phenoxy) is 1. The van der Waals surface area contributed by atoms with Gasteiger partial charge in [-0.05, 0) is 12.3 Å². The van der Waals surface area contributed by atoms with Crippen molar-refractivity contribution < 1.29 is 9.84 Å². The molecule has 0 bridgehead atoms. The molecule has 0 spiro atoms. The Morgan fingerprint density at radius 1 is 1.45 bits per heavy atom. The van der Waals surface area contributed by atoms with Gasteiger partial charge in [-0.2, -0.15) is 0 Å². The largest absolute Gasteiger partial charge is 0.367 e. The third-order valence-electron chi connectivity index (χ3n) is 1.14. The summed E-state index contributed by atoms with van der Waals surface area (Å²) in [4.78, 5) is 0. The molecule has 0 saturated carbocycles. The van der Waals surface area contributed by atoms with E-state index in [1.807, 2.05) is 20.8 Å². The van der Waals surface area contributed by atoms with Crippen LogP contribution in [0.2, 0.25) is 0 Å². The van der Waals surface area contributed by atoms with Crippen LogP contribution in [-0.4, -0.2) is 24.0 Å². The van der Waals surface area contributed by atoms with Crippen molar-refractivity contribution in [1.82, 2.24) is 0 Å². The molecule has 0 aliphatic heterocycles. The molecule has 0 fully saturated rings. The standard InChI is InChI=1S/C8H19NO2/c1-6(9)7(10)11-5-8(2,3)4/h6-7,10H,5,9H2,1-4H3. The van der Waals surface area contributed by atoms with E-state index in [0.29, 0.717) is 6.61 Å². The Balaban J connectivity index is 3.54. The van der Waals surface area contributed by atoms with Crippen molar-refractivity contribution in [3.8, 4) is 0 Å². The SMILES string of the molecule is CC(N)C(O)OCC(C)(C)C. The van der Waals surface area contributed by atoms with Crippen LogP contribution in [0, 0.1) is 5.41 Å². The number of hydrogen-bond acceptors (Lipinski definition) is 3. The Bertz CT molecular complexity index is 107. The van der Waals surface area contributed by atoms with Gasteiger partial charge in [-0.1, -0.05) is 20.8 Å². The molecule has 0 aromatic heterocycles. The van der Waals surface area contributed by atoms with Crippen molar-refractivity contribution in [2.75, 3.05) is 6.61 Å². The average molecular weight is 161 g/mol. The fourth-order valence-electron chi connectivity index (χ4n) is 0.487. The minimum Gasteiger partial charge on any atom is -0.367 e. The Hall–Kier alpha value is -0.120. The lowest BCUT2D eigenvalue weighted by atomic mass is 9.99. The van der Waals surface area contributed by atoms with Gasteiger partial charge < -0.3 is 15.6 Å². The van der Waals surface area contributed by atoms with E-state index in [9.17, 15) is 0 Å². The summed E-state index contributed by atoms with van der Waals surface area (Å²) in [6, 6.07) is -0.322. The highest BCUT2D eigenvalue weighted by Gasteiger charge is 2.15. The molecule has 0 aliphatic rings. The van der Waals surface area contributed by atoms with Crippen LogP contribution >= 0.6 is 0 Å². The third-order valence-corrected chi connectivity index (χ3v) is 1.14. The molecule has 0 aromatic carbocycles. The van der Waals surface area contributed by atoms with Crippen molar-refractivity contribution >= 4 is 0 Å². The van der Waals surface area contributed by atoms with Gasteiger partial charge in [0, 0.05) is 0 Å². The molecule has 68 valence electrons. The first kappa shape index (κ1) is 10.9. The normalized spacial score (nSPS) is 18.0. The topological polar surface area (TPSA) is 55.5 Å². The van der Waals surface area contributed by atoms with E-state index in [1.54, 1.807) is 6.92 Å². The number of aliphatic hydroxyl groups excluding tert-OH is 1. The second kappa shape index (κ2) is 4.04. The molecule has 0 saturated heterocycles. The van der Waals surface area contributed by atoms with E-state index in [2.05, 4.69) is 0 Å². The molecule has 0 aromatic rings. The van der Waals surface area contributed by atoms with Crippen LogP contribution in [0.25, 0.3) is 0 Å². The zero-order chi connectivity index (χ0) is 9.07. The van der Waals surface area contributed by atoms with E-state index in [1.165, 1.54) is 0 Å². The van der Waals surface area contributed by atoms with Gasteiger partial charge in [0.25, 0.3) is 0 Å². The van der Waals surface area contributed by atoms with Crippen LogP contribution in [0.15, 0.2) is 0 Å². The molecule has 0 amide bonds. The highest BCUT2D eigenvalue weighted by atomic mass is 16.6. The molecule has 2 atom stereocenters. The second-order valence-electron chi connectivity index (χ2n) is 4.12. The summed E-state index contributed by atoms with van der Waals surface area (Å²) in [5.74, 6) is 0. The first-order valence-electron chi connectivity index (χ1n) is 3.88. The van der Waals surface area contributed by atoms with Crippen molar-refractivity contribution in [3.05, 3.63) is 0 Å². The van der Waals surface area contributed by atoms with Crippen LogP contribution < -0.4 is 5.73 Å². The van der Waals surface area contributed by atoms with Crippen LogP contribution in [0.3, 0.4) is 0 Å². The quantitative estimate of drug-likeness (QED) is 0.599. The van der Waals surface area contributed by atoms with Gasteiger partial charge >= 0.3 is 0 Å². The van der Waals surface area contributed by atoms with Gasteiger partial charge in [0.2, 0.25) is 0 Å². The van der Waals surface area contributed by atoms with Gasteiger partial charge in [0.1, 0.15) is 0 Å². The summed E-state index contributed by atoms with van der Waals surface area (Å²) < 4.78 is 5.10. The van der Waals surface area contributed by atoms with Crippen LogP contribution in [-0.2, 0) is 4.74 Å². The fourth-order valence-corrected chi connectivity index (χ4v) is 0.487. The summed E-state index contributed by atoms with van der Waals surface area (Å²) in [5.41, 5.74) is 5.47. The number of nitrogens with two attached hydrogens (primary N) is 1. The van der Waals surface area contributed by atoms with E-state index in [4.69, 9.17) is 15.6 Å². The lowest BCUT2D eigenvalue weighted by Crippen LogP contribution is -2.35. The molecular formula is C8H19NO2. The fraction of sp³-hybridized carbons (Fsp3) is 1.00. The van der Waals surface area contributed by atoms with E-state index >= 15 is 0 Å². The van der Waals surface area contributed by atoms with Gasteiger partial charge in [-0.15, -0.1) is 0 Å². The van der Waals surface area contributed by atoms with Gasteiger partial charge in [0.15, 0.2) is 6.29 Å². The summed E-state index contributed by atoms with van der Waals surface area (Å²) >= 11 is 0. The number of rotatable bonds is 3. The maximum Gasteiger partial charge on any atom is 0.169 e. The molecular weight excluding hydrogens is 142 g/mol. The smallest absolute Gasteiger partial charge is 0.169 e. The van der Waals surface area contributed by atoms with Crippen LogP contribution in [0.5, 0.6) is 0 Å². The van der Waals surface area contributed by atoms with E-state index in [0.717, 1.165) is 0 Å². The lowest BCUT2D eigenvalue weighted by Gasteiger charge is -2.22. The van der Waals surface area contributed by atoms with Gasteiger partial charge in [-0.25, -0.2) is 0 Å². The predicted octanol–water partition coefficient (Wildman–Crippen LogP) is 0.715. The maximum atomic E-state index is 9.14. The Labute approximate surface area is 68.5 Å². The van der Waals surface area contributed by atoms with E-state index < -0.39 is 6.29 Å². The summed E-state index contributed by atoms with van der Waals surface area (Å²) in [7, 11) is 0. The summed E-state index contributed by atoms with van der Waals surface area (Å²) in [6.07, 6.45) is -0.839. The Morgan fingerprint density at radius 3 is 2.18 bits per heavy atom. The molecule has 0 aliphatic carbocycles. The highest BCUT2D eigenvalue weighted by Crippen LogP contribution is 2.13. The van der Waals surface area contributed by atoms with Crippen LogP contribution in [0.4, 0.5) is 0 Å². The number of aliphatic hydroxyl groups is 1. The highest BCUT2D eigenvalue weighted by molar-refractivity contribution is 4.62. The zero-order valence-electron chi connectivity index (χ0n) is 7.79. The van der Waals surface area contributed by atoms with Crippen molar-refractivity contribution in [1.29, 1.82) is 0 Å². The molecule has 0 rings (SSSR count). The summed E-state index contributed by atoms with van der Waals surface area (Å²) in [6.45, 7) is 8.37. The molecule has 3 N–H and O–H groups in total.